The van der Waals surface area contributed by atoms with Crippen LogP contribution in [0.3, 0.4) is 0 Å². The molecule has 0 atom stereocenters. The van der Waals surface area contributed by atoms with Gasteiger partial charge in [0, 0.05) is 17.0 Å². The van der Waals surface area contributed by atoms with Crippen molar-refractivity contribution in [2.45, 2.75) is 12.8 Å². The summed E-state index contributed by atoms with van der Waals surface area (Å²) in [6.07, 6.45) is 0.979. The number of benzene rings is 1. The largest absolute Gasteiger partial charge is 0.487 e. The molecule has 0 saturated heterocycles. The van der Waals surface area contributed by atoms with Crippen molar-refractivity contribution in [3.8, 4) is 5.75 Å². The number of amidine groups is 1. The quantitative estimate of drug-likeness (QED) is 0.277. The highest BCUT2D eigenvalue weighted by atomic mass is 79.9. The van der Waals surface area contributed by atoms with Crippen molar-refractivity contribution in [3.05, 3.63) is 32.8 Å². The molecule has 1 rings (SSSR count). The smallest absolute Gasteiger partial charge is 0.312 e. The van der Waals surface area contributed by atoms with Gasteiger partial charge in [-0.25, -0.2) is 0 Å². The summed E-state index contributed by atoms with van der Waals surface area (Å²) in [5, 5.41) is 17.8. The molecule has 0 aliphatic rings. The van der Waals surface area contributed by atoms with Gasteiger partial charge in [0.15, 0.2) is 5.75 Å². The fourth-order valence-corrected chi connectivity index (χ4v) is 1.55. The van der Waals surface area contributed by atoms with Crippen LogP contribution in [-0.2, 0) is 0 Å². The number of hydrogen-bond donors (Lipinski definition) is 2. The van der Waals surface area contributed by atoms with Crippen LogP contribution in [0, 0.1) is 15.5 Å². The highest BCUT2D eigenvalue weighted by molar-refractivity contribution is 9.10. The van der Waals surface area contributed by atoms with Gasteiger partial charge in [0.2, 0.25) is 0 Å². The van der Waals surface area contributed by atoms with Gasteiger partial charge in [0.25, 0.3) is 0 Å². The normalized spacial score (nSPS) is 9.94. The van der Waals surface area contributed by atoms with Crippen LogP contribution in [0.4, 0.5) is 5.69 Å². The van der Waals surface area contributed by atoms with Gasteiger partial charge >= 0.3 is 5.69 Å². The Labute approximate surface area is 107 Å². The third-order valence-electron chi connectivity index (χ3n) is 1.97. The first-order valence-corrected chi connectivity index (χ1v) is 5.69. The minimum atomic E-state index is -0.495. The van der Waals surface area contributed by atoms with Gasteiger partial charge in [-0.15, -0.1) is 0 Å². The van der Waals surface area contributed by atoms with Crippen LogP contribution in [0.15, 0.2) is 22.7 Å². The SMILES string of the molecule is N=C(N)CCCOc1ccc(Br)cc1[N+](=O)[O-]. The Morgan fingerprint density at radius 3 is 2.88 bits per heavy atom. The first kappa shape index (κ1) is 13.4. The molecule has 92 valence electrons. The lowest BCUT2D eigenvalue weighted by Crippen LogP contribution is -2.11. The van der Waals surface area contributed by atoms with E-state index in [1.165, 1.54) is 12.1 Å². The fraction of sp³-hybridized carbons (Fsp3) is 0.300. The highest BCUT2D eigenvalue weighted by Crippen LogP contribution is 2.30. The lowest BCUT2D eigenvalue weighted by molar-refractivity contribution is -0.385. The van der Waals surface area contributed by atoms with Crippen LogP contribution >= 0.6 is 15.9 Å². The number of halogens is 1. The van der Waals surface area contributed by atoms with Crippen molar-refractivity contribution < 1.29 is 9.66 Å². The molecular formula is C10H12BrN3O3. The Bertz CT molecular complexity index is 437. The third kappa shape index (κ3) is 4.39. The van der Waals surface area contributed by atoms with E-state index >= 15 is 0 Å². The monoisotopic (exact) mass is 301 g/mol. The van der Waals surface area contributed by atoms with Crippen LogP contribution in [0.2, 0.25) is 0 Å². The lowest BCUT2D eigenvalue weighted by atomic mass is 10.3. The fourth-order valence-electron chi connectivity index (χ4n) is 1.20. The molecular weight excluding hydrogens is 290 g/mol. The number of nitro groups is 1. The summed E-state index contributed by atoms with van der Waals surface area (Å²) in [6, 6.07) is 4.60. The molecule has 1 aromatic rings. The van der Waals surface area contributed by atoms with E-state index in [2.05, 4.69) is 15.9 Å². The van der Waals surface area contributed by atoms with Crippen LogP contribution in [0.1, 0.15) is 12.8 Å². The molecule has 0 heterocycles. The molecule has 0 amide bonds. The molecule has 0 aliphatic heterocycles. The molecule has 0 spiro atoms. The van der Waals surface area contributed by atoms with Crippen molar-refractivity contribution >= 4 is 27.5 Å². The minimum Gasteiger partial charge on any atom is -0.487 e. The lowest BCUT2D eigenvalue weighted by Gasteiger charge is -2.06. The molecule has 0 aromatic heterocycles. The maximum atomic E-state index is 10.8. The predicted octanol–water partition coefficient (Wildman–Crippen LogP) is 2.45. The van der Waals surface area contributed by atoms with Crippen LogP contribution in [-0.4, -0.2) is 17.4 Å². The van der Waals surface area contributed by atoms with Gasteiger partial charge in [0.1, 0.15) is 0 Å². The first-order valence-electron chi connectivity index (χ1n) is 4.90. The Hall–Kier alpha value is -1.63. The van der Waals surface area contributed by atoms with Gasteiger partial charge in [0.05, 0.1) is 17.4 Å². The number of rotatable bonds is 6. The third-order valence-corrected chi connectivity index (χ3v) is 2.46. The second-order valence-electron chi connectivity index (χ2n) is 3.35. The maximum absolute atomic E-state index is 10.8. The van der Waals surface area contributed by atoms with Gasteiger partial charge in [-0.2, -0.15) is 0 Å². The Morgan fingerprint density at radius 1 is 1.59 bits per heavy atom. The maximum Gasteiger partial charge on any atom is 0.312 e. The number of nitrogens with two attached hydrogens (primary N) is 1. The molecule has 17 heavy (non-hydrogen) atoms. The van der Waals surface area contributed by atoms with E-state index in [-0.39, 0.29) is 17.3 Å². The zero-order valence-electron chi connectivity index (χ0n) is 8.98. The predicted molar refractivity (Wildman–Crippen MR) is 67.4 cm³/mol. The van der Waals surface area contributed by atoms with Gasteiger partial charge in [-0.3, -0.25) is 15.5 Å². The van der Waals surface area contributed by atoms with Crippen molar-refractivity contribution in [3.63, 3.8) is 0 Å². The van der Waals surface area contributed by atoms with Crippen molar-refractivity contribution in [1.29, 1.82) is 5.41 Å². The van der Waals surface area contributed by atoms with E-state index in [0.717, 1.165) is 0 Å². The van der Waals surface area contributed by atoms with E-state index in [1.807, 2.05) is 0 Å². The average Bonchev–Trinajstić information content (AvgIpc) is 2.25. The summed E-state index contributed by atoms with van der Waals surface area (Å²) in [4.78, 5) is 10.3. The number of nitrogens with zero attached hydrogens (tertiary/aromatic N) is 1. The summed E-state index contributed by atoms with van der Waals surface area (Å²) in [7, 11) is 0. The van der Waals surface area contributed by atoms with Crippen LogP contribution in [0.5, 0.6) is 5.75 Å². The van der Waals surface area contributed by atoms with E-state index in [4.69, 9.17) is 15.9 Å². The molecule has 6 nitrogen and oxygen atoms in total. The van der Waals surface area contributed by atoms with Crippen molar-refractivity contribution in [2.75, 3.05) is 6.61 Å². The number of nitro benzene ring substituents is 1. The summed E-state index contributed by atoms with van der Waals surface area (Å²) in [6.45, 7) is 0.294. The molecule has 0 bridgehead atoms. The number of ether oxygens (including phenoxy) is 1. The topological polar surface area (TPSA) is 102 Å². The molecule has 0 saturated carbocycles. The van der Waals surface area contributed by atoms with E-state index < -0.39 is 4.92 Å². The van der Waals surface area contributed by atoms with E-state index in [0.29, 0.717) is 23.9 Å². The molecule has 3 N–H and O–H groups in total. The second kappa shape index (κ2) is 6.19. The average molecular weight is 302 g/mol. The molecule has 0 fully saturated rings. The van der Waals surface area contributed by atoms with E-state index in [1.54, 1.807) is 6.07 Å². The Kier molecular flexibility index (Phi) is 4.89. The van der Waals surface area contributed by atoms with Gasteiger partial charge < -0.3 is 10.5 Å². The standard InChI is InChI=1S/C10H12BrN3O3/c11-7-3-4-9(8(6-7)14(15)16)17-5-1-2-10(12)13/h3-4,6H,1-2,5H2,(H3,12,13). The van der Waals surface area contributed by atoms with Gasteiger partial charge in [-0.05, 0) is 18.6 Å². The molecule has 0 unspecified atom stereocenters. The minimum absolute atomic E-state index is 0.0813. The summed E-state index contributed by atoms with van der Waals surface area (Å²) in [5.74, 6) is 0.306. The highest BCUT2D eigenvalue weighted by Gasteiger charge is 2.15. The Balaban J connectivity index is 2.64. The number of hydrogen-bond acceptors (Lipinski definition) is 4. The van der Waals surface area contributed by atoms with Crippen molar-refractivity contribution in [2.24, 2.45) is 5.73 Å². The summed E-state index contributed by atoms with van der Waals surface area (Å²) in [5.41, 5.74) is 5.10. The number of nitrogens with one attached hydrogen (secondary N) is 1. The van der Waals surface area contributed by atoms with Crippen molar-refractivity contribution in [1.82, 2.24) is 0 Å². The molecule has 7 heteroatoms. The second-order valence-corrected chi connectivity index (χ2v) is 4.26. The Morgan fingerprint density at radius 2 is 2.29 bits per heavy atom. The molecule has 0 radical (unpaired) electrons. The zero-order chi connectivity index (χ0) is 12.8. The van der Waals surface area contributed by atoms with Gasteiger partial charge in [-0.1, -0.05) is 15.9 Å². The molecule has 0 aliphatic carbocycles. The summed E-state index contributed by atoms with van der Waals surface area (Å²) >= 11 is 3.16. The zero-order valence-corrected chi connectivity index (χ0v) is 10.6. The summed E-state index contributed by atoms with van der Waals surface area (Å²) < 4.78 is 5.91. The van der Waals surface area contributed by atoms with E-state index in [9.17, 15) is 10.1 Å². The molecule has 1 aromatic carbocycles. The van der Waals surface area contributed by atoms with Crippen LogP contribution < -0.4 is 10.5 Å². The first-order chi connectivity index (χ1) is 8.00. The van der Waals surface area contributed by atoms with Crippen LogP contribution in [0.25, 0.3) is 0 Å².